The smallest absolute Gasteiger partial charge is 0.248 e. The van der Waals surface area contributed by atoms with Crippen LogP contribution in [-0.4, -0.2) is 20.1 Å². The number of nitrogens with zero attached hydrogens (tertiary/aromatic N) is 3. The quantitative estimate of drug-likeness (QED) is 0.140. The molecule has 0 saturated carbocycles. The van der Waals surface area contributed by atoms with E-state index in [0.29, 0.717) is 0 Å². The highest BCUT2D eigenvalue weighted by Gasteiger charge is 2.40. The molecule has 512 valence electrons. The van der Waals surface area contributed by atoms with E-state index in [1.54, 1.807) is 0 Å². The van der Waals surface area contributed by atoms with Gasteiger partial charge < -0.3 is 14.7 Å². The topological polar surface area (TPSA) is 9.72 Å². The molecule has 0 atom stereocenters. The number of fused-ring (bicyclic) bond motifs is 11. The van der Waals surface area contributed by atoms with E-state index >= 15 is 0 Å². The molecule has 0 saturated heterocycles. The maximum absolute atomic E-state index is 2.45. The molecule has 0 fully saturated rings. The van der Waals surface area contributed by atoms with Crippen LogP contribution in [0.3, 0.4) is 0 Å². The number of anilines is 9. The van der Waals surface area contributed by atoms with E-state index in [9.17, 15) is 0 Å². The molecule has 0 bridgehead atoms. The Hall–Kier alpha value is -13.9. The van der Waals surface area contributed by atoms with Crippen molar-refractivity contribution in [3.05, 3.63) is 437 Å². The molecule has 22 rings (SSSR count). The standard InChI is InChI=1S/C40H28BN.2C32H22BN/c1-3-15-30(16-4-1)34-20-13-21-35(31-17-5-2-6-18-31)40(34)41-36-22-9-11-24-38(36)42(39-25-12-10-23-37(39)41)33-27-26-29-14-7-8-19-32(29)28-33;1-3-15-25-23(11-1)13-9-19-27(25)33-28-17-5-7-20-31(28)34(32-21-8-6-18-29(32)33)30-22-10-14-24-12-2-4-16-26(24)30;1-2-12-25-22-26(21-20-23(25)10-1)33-28-15-5-7-17-31(28)34(32-18-8-6-16-29(32)33)30-19-9-13-24-11-3-4-14-27(24)30/h1-28H;2*1-22H. The average molecular weight is 1400 g/mol. The Morgan fingerprint density at radius 3 is 0.927 bits per heavy atom. The molecule has 0 amide bonds. The zero-order valence-corrected chi connectivity index (χ0v) is 60.6. The summed E-state index contributed by atoms with van der Waals surface area (Å²) in [7, 11) is 0. The zero-order chi connectivity index (χ0) is 72.9. The summed E-state index contributed by atoms with van der Waals surface area (Å²) < 4.78 is 0. The van der Waals surface area contributed by atoms with Crippen molar-refractivity contribution >= 4 is 174 Å². The van der Waals surface area contributed by atoms with Crippen LogP contribution >= 0.6 is 0 Å². The molecule has 3 aliphatic heterocycles. The van der Waals surface area contributed by atoms with Gasteiger partial charge in [-0.3, -0.25) is 0 Å². The third kappa shape index (κ3) is 11.6. The second kappa shape index (κ2) is 28.4. The zero-order valence-electron chi connectivity index (χ0n) is 60.6. The maximum Gasteiger partial charge on any atom is 0.248 e. The van der Waals surface area contributed by atoms with Crippen LogP contribution in [0.2, 0.25) is 0 Å². The molecule has 0 spiro atoms. The van der Waals surface area contributed by atoms with Gasteiger partial charge >= 0.3 is 0 Å². The number of benzene rings is 19. The third-order valence-corrected chi connectivity index (χ3v) is 22.7. The summed E-state index contributed by atoms with van der Waals surface area (Å²) in [6.45, 7) is 0.411. The Morgan fingerprint density at radius 1 is 0.164 bits per heavy atom. The predicted octanol–water partition coefficient (Wildman–Crippen LogP) is 21.1. The first-order chi connectivity index (χ1) is 54.6. The van der Waals surface area contributed by atoms with Crippen molar-refractivity contribution in [1.29, 1.82) is 0 Å². The van der Waals surface area contributed by atoms with E-state index in [1.807, 2.05) is 0 Å². The highest BCUT2D eigenvalue weighted by atomic mass is 15.2. The Labute approximate surface area is 643 Å². The molecule has 0 N–H and O–H groups in total. The normalized spacial score (nSPS) is 12.4. The van der Waals surface area contributed by atoms with Crippen LogP contribution in [0, 0.1) is 0 Å². The van der Waals surface area contributed by atoms with E-state index in [-0.39, 0.29) is 20.1 Å². The Kier molecular flexibility index (Phi) is 16.9. The van der Waals surface area contributed by atoms with Crippen molar-refractivity contribution in [2.45, 2.75) is 0 Å². The molecule has 3 aliphatic rings. The fourth-order valence-electron chi connectivity index (χ4n) is 17.9. The van der Waals surface area contributed by atoms with Crippen LogP contribution in [0.5, 0.6) is 0 Å². The number of para-hydroxylation sites is 6. The Balaban J connectivity index is 0.000000109. The monoisotopic (exact) mass is 1400 g/mol. The molecule has 0 aliphatic carbocycles. The highest BCUT2D eigenvalue weighted by molar-refractivity contribution is 7.00. The maximum atomic E-state index is 2.45. The second-order valence-electron chi connectivity index (χ2n) is 28.9. The lowest BCUT2D eigenvalue weighted by Gasteiger charge is -2.38. The summed E-state index contributed by atoms with van der Waals surface area (Å²) in [6.07, 6.45) is 0. The SMILES string of the molecule is c1ccc(-c2cccc(-c3ccccc3)c2B2c3ccccc3N(c3ccc4ccccc4c3)c3ccccc32)cc1.c1ccc2c(c1)B(c1ccc3ccccc3c1)c1ccccc1N2c1cccc2ccccc12.c1ccc2c(c1)B(c1cccc3ccccc13)c1ccccc1N2c1cccc2ccccc12. The highest BCUT2D eigenvalue weighted by Crippen LogP contribution is 2.44. The van der Waals surface area contributed by atoms with Gasteiger partial charge in [0.2, 0.25) is 20.1 Å². The average Bonchev–Trinajstić information content (AvgIpc) is 0.733. The minimum Gasteiger partial charge on any atom is -0.312 e. The molecular weight excluding hydrogens is 1320 g/mol. The van der Waals surface area contributed by atoms with Crippen LogP contribution in [0.15, 0.2) is 437 Å². The first kappa shape index (κ1) is 65.6. The molecule has 3 nitrogen and oxygen atoms in total. The van der Waals surface area contributed by atoms with Gasteiger partial charge in [-0.2, -0.15) is 0 Å². The molecule has 110 heavy (non-hydrogen) atoms. The van der Waals surface area contributed by atoms with Crippen LogP contribution in [0.25, 0.3) is 76.1 Å². The molecule has 19 aromatic rings. The second-order valence-corrected chi connectivity index (χ2v) is 28.9. The lowest BCUT2D eigenvalue weighted by Crippen LogP contribution is -2.58. The van der Waals surface area contributed by atoms with E-state index in [0.717, 1.165) is 0 Å². The number of hydrogen-bond acceptors (Lipinski definition) is 3. The van der Waals surface area contributed by atoms with Gasteiger partial charge in [-0.25, -0.2) is 0 Å². The summed E-state index contributed by atoms with van der Waals surface area (Å²) in [6, 6.07) is 159. The fraction of sp³-hybridized carbons (Fsp3) is 0. The Bertz CT molecular complexity index is 6350. The number of hydrogen-bond donors (Lipinski definition) is 0. The van der Waals surface area contributed by atoms with Gasteiger partial charge in [0, 0.05) is 50.6 Å². The van der Waals surface area contributed by atoms with Crippen LogP contribution < -0.4 is 63.9 Å². The molecule has 6 heteroatoms. The van der Waals surface area contributed by atoms with Crippen molar-refractivity contribution < 1.29 is 0 Å². The van der Waals surface area contributed by atoms with Gasteiger partial charge in [-0.05, 0) is 159 Å². The molecule has 0 unspecified atom stereocenters. The molecular formula is C104H72B3N3. The summed E-state index contributed by atoms with van der Waals surface area (Å²) in [5.41, 5.74) is 28.0. The van der Waals surface area contributed by atoms with Crippen LogP contribution in [-0.2, 0) is 0 Å². The minimum absolute atomic E-state index is 0.0562. The fourth-order valence-corrected chi connectivity index (χ4v) is 17.9. The van der Waals surface area contributed by atoms with Crippen molar-refractivity contribution in [3.63, 3.8) is 0 Å². The van der Waals surface area contributed by atoms with E-state index in [1.165, 1.54) is 176 Å². The van der Waals surface area contributed by atoms with Crippen molar-refractivity contribution in [2.24, 2.45) is 0 Å². The first-order valence-electron chi connectivity index (χ1n) is 38.2. The van der Waals surface area contributed by atoms with Crippen LogP contribution in [0.1, 0.15) is 0 Å². The van der Waals surface area contributed by atoms with Gasteiger partial charge in [-0.15, -0.1) is 0 Å². The van der Waals surface area contributed by atoms with Crippen LogP contribution in [0.4, 0.5) is 51.2 Å². The lowest BCUT2D eigenvalue weighted by atomic mass is 9.33. The molecule has 3 heterocycles. The number of rotatable bonds is 8. The van der Waals surface area contributed by atoms with E-state index in [2.05, 4.69) is 451 Å². The van der Waals surface area contributed by atoms with Crippen molar-refractivity contribution in [3.8, 4) is 22.3 Å². The molecule has 0 aromatic heterocycles. The molecule has 0 radical (unpaired) electrons. The summed E-state index contributed by atoms with van der Waals surface area (Å²) in [5, 5.41) is 12.7. The van der Waals surface area contributed by atoms with E-state index in [4.69, 9.17) is 0 Å². The van der Waals surface area contributed by atoms with Crippen molar-refractivity contribution in [1.82, 2.24) is 0 Å². The minimum atomic E-state index is 0.0562. The van der Waals surface area contributed by atoms with Gasteiger partial charge in [0.05, 0.1) is 11.4 Å². The summed E-state index contributed by atoms with van der Waals surface area (Å²) in [5.74, 6) is 0. The van der Waals surface area contributed by atoms with Gasteiger partial charge in [0.1, 0.15) is 0 Å². The lowest BCUT2D eigenvalue weighted by molar-refractivity contribution is 1.30. The van der Waals surface area contributed by atoms with Crippen molar-refractivity contribution in [2.75, 3.05) is 14.7 Å². The van der Waals surface area contributed by atoms with Gasteiger partial charge in [0.15, 0.2) is 0 Å². The summed E-state index contributed by atoms with van der Waals surface area (Å²) >= 11 is 0. The predicted molar refractivity (Wildman–Crippen MR) is 475 cm³/mol. The largest absolute Gasteiger partial charge is 0.312 e. The third-order valence-electron chi connectivity index (χ3n) is 22.7. The summed E-state index contributed by atoms with van der Waals surface area (Å²) in [4.78, 5) is 7.35. The van der Waals surface area contributed by atoms with Gasteiger partial charge in [0.25, 0.3) is 0 Å². The molecule has 19 aromatic carbocycles. The first-order valence-corrected chi connectivity index (χ1v) is 38.2. The Morgan fingerprint density at radius 2 is 0.464 bits per heavy atom. The van der Waals surface area contributed by atoms with Gasteiger partial charge in [-0.1, -0.05) is 393 Å². The van der Waals surface area contributed by atoms with E-state index < -0.39 is 0 Å².